The number of aliphatic imine (C=N–C) groups is 1. The lowest BCUT2D eigenvalue weighted by molar-refractivity contribution is -0.159. The SMILES string of the molecule is COC(=O)[C@H]1C(=O)[C@@H](C=NCCc2ccccc2)C(=O)CC1(C)C. The molecule has 0 aliphatic heterocycles. The van der Waals surface area contributed by atoms with Crippen molar-refractivity contribution >= 4 is 23.8 Å². The highest BCUT2D eigenvalue weighted by molar-refractivity contribution is 6.21. The number of methoxy groups -OCH3 is 1. The third-order valence-corrected chi connectivity index (χ3v) is 4.41. The van der Waals surface area contributed by atoms with Crippen molar-refractivity contribution in [1.29, 1.82) is 0 Å². The second-order valence-corrected chi connectivity index (χ2v) is 6.76. The molecule has 5 nitrogen and oxygen atoms in total. The summed E-state index contributed by atoms with van der Waals surface area (Å²) >= 11 is 0. The molecule has 128 valence electrons. The molecule has 1 fully saturated rings. The summed E-state index contributed by atoms with van der Waals surface area (Å²) in [6.45, 7) is 3.98. The highest BCUT2D eigenvalue weighted by atomic mass is 16.5. The van der Waals surface area contributed by atoms with E-state index in [-0.39, 0.29) is 12.2 Å². The lowest BCUT2D eigenvalue weighted by atomic mass is 9.64. The Morgan fingerprint density at radius 3 is 2.58 bits per heavy atom. The Hall–Kier alpha value is -2.30. The lowest BCUT2D eigenvalue weighted by Crippen LogP contribution is -2.50. The van der Waals surface area contributed by atoms with Crippen molar-refractivity contribution in [2.75, 3.05) is 13.7 Å². The number of carbonyl (C=O) groups is 3. The zero-order valence-corrected chi connectivity index (χ0v) is 14.3. The summed E-state index contributed by atoms with van der Waals surface area (Å²) in [6, 6.07) is 9.86. The number of hydrogen-bond donors (Lipinski definition) is 0. The molecule has 5 heteroatoms. The van der Waals surface area contributed by atoms with E-state index in [1.807, 2.05) is 30.3 Å². The van der Waals surface area contributed by atoms with Gasteiger partial charge < -0.3 is 4.74 Å². The van der Waals surface area contributed by atoms with Gasteiger partial charge in [0.15, 0.2) is 5.78 Å². The fraction of sp³-hybridized carbons (Fsp3) is 0.474. The molecule has 0 heterocycles. The standard InChI is InChI=1S/C19H23NO4/c1-19(2)11-15(21)14(17(22)16(19)18(23)24-3)12-20-10-9-13-7-5-4-6-8-13/h4-8,12,14,16H,9-11H2,1-3H3/t14-,16+/m0/s1. The van der Waals surface area contributed by atoms with Crippen LogP contribution < -0.4 is 0 Å². The smallest absolute Gasteiger partial charge is 0.316 e. The number of ketones is 2. The van der Waals surface area contributed by atoms with Crippen LogP contribution in [0.25, 0.3) is 0 Å². The van der Waals surface area contributed by atoms with E-state index in [9.17, 15) is 14.4 Å². The maximum atomic E-state index is 12.6. The van der Waals surface area contributed by atoms with E-state index in [0.717, 1.165) is 12.0 Å². The van der Waals surface area contributed by atoms with Crippen LogP contribution in [0.15, 0.2) is 35.3 Å². The monoisotopic (exact) mass is 329 g/mol. The first-order chi connectivity index (χ1) is 11.4. The maximum absolute atomic E-state index is 12.6. The predicted molar refractivity (Wildman–Crippen MR) is 90.9 cm³/mol. The van der Waals surface area contributed by atoms with E-state index >= 15 is 0 Å². The Kier molecular flexibility index (Phi) is 5.65. The Balaban J connectivity index is 2.06. The number of carbonyl (C=O) groups excluding carboxylic acids is 3. The minimum Gasteiger partial charge on any atom is -0.468 e. The molecule has 0 spiro atoms. The van der Waals surface area contributed by atoms with E-state index in [0.29, 0.717) is 6.54 Å². The summed E-state index contributed by atoms with van der Waals surface area (Å²) in [5, 5.41) is 0. The molecule has 0 N–H and O–H groups in total. The number of nitrogens with zero attached hydrogens (tertiary/aromatic N) is 1. The topological polar surface area (TPSA) is 72.8 Å². The summed E-state index contributed by atoms with van der Waals surface area (Å²) in [5.41, 5.74) is 0.417. The van der Waals surface area contributed by atoms with Crippen molar-refractivity contribution in [2.45, 2.75) is 26.7 Å². The van der Waals surface area contributed by atoms with Gasteiger partial charge in [-0.2, -0.15) is 0 Å². The molecule has 0 saturated heterocycles. The maximum Gasteiger partial charge on any atom is 0.316 e. The van der Waals surface area contributed by atoms with Gasteiger partial charge in [0.05, 0.1) is 7.11 Å². The molecule has 1 aromatic rings. The van der Waals surface area contributed by atoms with Gasteiger partial charge in [-0.05, 0) is 17.4 Å². The molecule has 2 atom stereocenters. The van der Waals surface area contributed by atoms with E-state index in [1.54, 1.807) is 13.8 Å². The third kappa shape index (κ3) is 3.96. The molecule has 24 heavy (non-hydrogen) atoms. The normalized spacial score (nSPS) is 23.5. The fourth-order valence-corrected chi connectivity index (χ4v) is 3.11. The van der Waals surface area contributed by atoms with E-state index in [2.05, 4.69) is 4.99 Å². The molecule has 2 rings (SSSR count). The minimum absolute atomic E-state index is 0.161. The zero-order chi connectivity index (χ0) is 17.7. The predicted octanol–water partition coefficient (Wildman–Crippen LogP) is 2.27. The molecule has 0 radical (unpaired) electrons. The van der Waals surface area contributed by atoms with E-state index in [1.165, 1.54) is 13.3 Å². The third-order valence-electron chi connectivity index (χ3n) is 4.41. The van der Waals surface area contributed by atoms with Gasteiger partial charge in [0.1, 0.15) is 17.6 Å². The summed E-state index contributed by atoms with van der Waals surface area (Å²) in [5.74, 6) is -3.05. The van der Waals surface area contributed by atoms with Gasteiger partial charge in [0.25, 0.3) is 0 Å². The molecule has 1 aromatic carbocycles. The number of hydrogen-bond acceptors (Lipinski definition) is 5. The number of ether oxygens (including phenoxy) is 1. The van der Waals surface area contributed by atoms with Crippen LogP contribution in [0.2, 0.25) is 0 Å². The average molecular weight is 329 g/mol. The van der Waals surface area contributed by atoms with Crippen LogP contribution in [0, 0.1) is 17.3 Å². The number of rotatable bonds is 5. The average Bonchev–Trinajstić information content (AvgIpc) is 2.53. The second kappa shape index (κ2) is 7.51. The van der Waals surface area contributed by atoms with Gasteiger partial charge in [-0.15, -0.1) is 0 Å². The van der Waals surface area contributed by atoms with Crippen LogP contribution in [-0.2, 0) is 25.5 Å². The number of benzene rings is 1. The summed E-state index contributed by atoms with van der Waals surface area (Å²) in [4.78, 5) is 41.1. The van der Waals surface area contributed by atoms with Gasteiger partial charge in [-0.25, -0.2) is 0 Å². The molecule has 0 amide bonds. The van der Waals surface area contributed by atoms with Crippen LogP contribution in [0.4, 0.5) is 0 Å². The first-order valence-corrected chi connectivity index (χ1v) is 8.05. The first-order valence-electron chi connectivity index (χ1n) is 8.05. The highest BCUT2D eigenvalue weighted by Crippen LogP contribution is 2.39. The quantitative estimate of drug-likeness (QED) is 0.472. The van der Waals surface area contributed by atoms with Crippen molar-refractivity contribution in [3.05, 3.63) is 35.9 Å². The van der Waals surface area contributed by atoms with Gasteiger partial charge in [0, 0.05) is 19.2 Å². The molecule has 0 unspecified atom stereocenters. The summed E-state index contributed by atoms with van der Waals surface area (Å²) < 4.78 is 4.75. The first kappa shape index (κ1) is 18.0. The Morgan fingerprint density at radius 2 is 1.96 bits per heavy atom. The van der Waals surface area contributed by atoms with Crippen LogP contribution in [0.3, 0.4) is 0 Å². The van der Waals surface area contributed by atoms with E-state index < -0.39 is 29.0 Å². The van der Waals surface area contributed by atoms with Crippen molar-refractivity contribution < 1.29 is 19.1 Å². The zero-order valence-electron chi connectivity index (χ0n) is 14.3. The van der Waals surface area contributed by atoms with Crippen LogP contribution in [0.5, 0.6) is 0 Å². The van der Waals surface area contributed by atoms with Crippen molar-refractivity contribution in [3.63, 3.8) is 0 Å². The largest absolute Gasteiger partial charge is 0.468 e. The number of esters is 1. The van der Waals surface area contributed by atoms with Crippen LogP contribution >= 0.6 is 0 Å². The van der Waals surface area contributed by atoms with Gasteiger partial charge in [-0.3, -0.25) is 19.4 Å². The van der Waals surface area contributed by atoms with E-state index in [4.69, 9.17) is 4.74 Å². The van der Waals surface area contributed by atoms with Crippen molar-refractivity contribution in [1.82, 2.24) is 0 Å². The molecular weight excluding hydrogens is 306 g/mol. The fourth-order valence-electron chi connectivity index (χ4n) is 3.11. The van der Waals surface area contributed by atoms with Gasteiger partial charge in [-0.1, -0.05) is 44.2 Å². The molecular formula is C19H23NO4. The van der Waals surface area contributed by atoms with Crippen LogP contribution in [-0.4, -0.2) is 37.4 Å². The van der Waals surface area contributed by atoms with Crippen LogP contribution in [0.1, 0.15) is 25.8 Å². The molecule has 0 aromatic heterocycles. The molecule has 1 saturated carbocycles. The van der Waals surface area contributed by atoms with Gasteiger partial charge >= 0.3 is 5.97 Å². The van der Waals surface area contributed by atoms with Crippen molar-refractivity contribution in [2.24, 2.45) is 22.2 Å². The van der Waals surface area contributed by atoms with Gasteiger partial charge in [0.2, 0.25) is 0 Å². The lowest BCUT2D eigenvalue weighted by Gasteiger charge is -2.37. The number of Topliss-reactive ketones (excluding diaryl/α,β-unsaturated/α-hetero) is 2. The molecule has 0 bridgehead atoms. The second-order valence-electron chi connectivity index (χ2n) is 6.76. The molecule has 1 aliphatic rings. The Morgan fingerprint density at radius 1 is 1.29 bits per heavy atom. The minimum atomic E-state index is -0.946. The Labute approximate surface area is 142 Å². The summed E-state index contributed by atoms with van der Waals surface area (Å²) in [6.07, 6.45) is 2.30. The Bertz CT molecular complexity index is 649. The van der Waals surface area contributed by atoms with Crippen molar-refractivity contribution in [3.8, 4) is 0 Å². The molecule has 1 aliphatic carbocycles. The summed E-state index contributed by atoms with van der Waals surface area (Å²) in [7, 11) is 1.26. The highest BCUT2D eigenvalue weighted by Gasteiger charge is 2.51.